The van der Waals surface area contributed by atoms with E-state index in [0.29, 0.717) is 25.6 Å². The van der Waals surface area contributed by atoms with Crippen molar-refractivity contribution < 1.29 is 14.3 Å². The summed E-state index contributed by atoms with van der Waals surface area (Å²) in [5.41, 5.74) is 1.10. The number of hydrogen-bond donors (Lipinski definition) is 0. The van der Waals surface area contributed by atoms with Gasteiger partial charge in [-0.05, 0) is 43.4 Å². The zero-order chi connectivity index (χ0) is 18.7. The van der Waals surface area contributed by atoms with Crippen molar-refractivity contribution in [1.82, 2.24) is 9.80 Å². The van der Waals surface area contributed by atoms with E-state index in [-0.39, 0.29) is 23.8 Å². The van der Waals surface area contributed by atoms with Gasteiger partial charge in [-0.1, -0.05) is 26.0 Å². The second kappa shape index (κ2) is 8.11. The number of likely N-dealkylation sites (tertiary alicyclic amines) is 1. The number of carbonyl (C=O) groups excluding carboxylic acids is 2. The third kappa shape index (κ3) is 4.02. The highest BCUT2D eigenvalue weighted by molar-refractivity contribution is 5.89. The first-order chi connectivity index (χ1) is 12.6. The van der Waals surface area contributed by atoms with Gasteiger partial charge in [0.05, 0.1) is 13.0 Å². The summed E-state index contributed by atoms with van der Waals surface area (Å²) < 4.78 is 5.21. The van der Waals surface area contributed by atoms with Gasteiger partial charge in [0.1, 0.15) is 5.75 Å². The summed E-state index contributed by atoms with van der Waals surface area (Å²) in [5.74, 6) is 0.907. The molecule has 142 valence electrons. The standard InChI is InChI=1S/C21H30N2O3/c1-4-17(5-2)22-14-16(12-20(22)24)21(25)23(18-8-9-18)13-15-6-10-19(26-3)11-7-15/h6-7,10-11,16-18H,4-5,8-9,12-14H2,1-3H3. The first-order valence-electron chi connectivity index (χ1n) is 9.80. The second-order valence-electron chi connectivity index (χ2n) is 7.46. The van der Waals surface area contributed by atoms with E-state index in [9.17, 15) is 9.59 Å². The molecule has 1 aliphatic heterocycles. The first kappa shape index (κ1) is 18.7. The third-order valence-electron chi connectivity index (χ3n) is 5.67. The van der Waals surface area contributed by atoms with Crippen molar-refractivity contribution in [2.45, 2.75) is 64.6 Å². The van der Waals surface area contributed by atoms with E-state index in [2.05, 4.69) is 13.8 Å². The fourth-order valence-corrected chi connectivity index (χ4v) is 3.91. The van der Waals surface area contributed by atoms with Gasteiger partial charge in [0.25, 0.3) is 0 Å². The molecule has 1 saturated carbocycles. The number of methoxy groups -OCH3 is 1. The van der Waals surface area contributed by atoms with E-state index >= 15 is 0 Å². The lowest BCUT2D eigenvalue weighted by atomic mass is 10.1. The molecule has 0 radical (unpaired) electrons. The van der Waals surface area contributed by atoms with Gasteiger partial charge >= 0.3 is 0 Å². The van der Waals surface area contributed by atoms with Gasteiger partial charge in [-0.25, -0.2) is 0 Å². The Balaban J connectivity index is 1.68. The monoisotopic (exact) mass is 358 g/mol. The number of ether oxygens (including phenoxy) is 1. The summed E-state index contributed by atoms with van der Waals surface area (Å²) in [6.45, 7) is 5.41. The summed E-state index contributed by atoms with van der Waals surface area (Å²) in [7, 11) is 1.65. The molecule has 5 nitrogen and oxygen atoms in total. The number of amides is 2. The van der Waals surface area contributed by atoms with E-state index < -0.39 is 0 Å². The van der Waals surface area contributed by atoms with Crippen molar-refractivity contribution in [2.24, 2.45) is 5.92 Å². The molecule has 2 aliphatic rings. The van der Waals surface area contributed by atoms with Crippen LogP contribution in [0.5, 0.6) is 5.75 Å². The van der Waals surface area contributed by atoms with Gasteiger partial charge in [-0.3, -0.25) is 9.59 Å². The van der Waals surface area contributed by atoms with Crippen LogP contribution in [0.1, 0.15) is 51.5 Å². The van der Waals surface area contributed by atoms with Crippen LogP contribution in [0.15, 0.2) is 24.3 Å². The predicted octanol–water partition coefficient (Wildman–Crippen LogP) is 3.22. The van der Waals surface area contributed by atoms with Crippen LogP contribution in [0, 0.1) is 5.92 Å². The average molecular weight is 358 g/mol. The summed E-state index contributed by atoms with van der Waals surface area (Å²) in [6.07, 6.45) is 4.39. The van der Waals surface area contributed by atoms with Gasteiger partial charge in [-0.15, -0.1) is 0 Å². The molecule has 5 heteroatoms. The molecule has 1 aliphatic carbocycles. The van der Waals surface area contributed by atoms with E-state index in [1.165, 1.54) is 0 Å². The lowest BCUT2D eigenvalue weighted by molar-refractivity contribution is -0.137. The van der Waals surface area contributed by atoms with E-state index in [0.717, 1.165) is 37.0 Å². The summed E-state index contributed by atoms with van der Waals surface area (Å²) in [6, 6.07) is 8.48. The number of benzene rings is 1. The van der Waals surface area contributed by atoms with E-state index in [1.54, 1.807) is 7.11 Å². The molecule has 2 amide bonds. The van der Waals surface area contributed by atoms with Crippen LogP contribution in [0.4, 0.5) is 0 Å². The van der Waals surface area contributed by atoms with E-state index in [4.69, 9.17) is 4.74 Å². The maximum absolute atomic E-state index is 13.2. The normalized spacial score (nSPS) is 19.9. The molecule has 26 heavy (non-hydrogen) atoms. The largest absolute Gasteiger partial charge is 0.497 e. The molecule has 0 N–H and O–H groups in total. The molecule has 1 heterocycles. The van der Waals surface area contributed by atoms with Gasteiger partial charge in [0.2, 0.25) is 11.8 Å². The van der Waals surface area contributed by atoms with Crippen molar-refractivity contribution in [3.8, 4) is 5.75 Å². The SMILES string of the molecule is CCC(CC)N1CC(C(=O)N(Cc2ccc(OC)cc2)C2CC2)CC1=O. The highest BCUT2D eigenvalue weighted by atomic mass is 16.5. The summed E-state index contributed by atoms with van der Waals surface area (Å²) in [4.78, 5) is 29.5. The minimum Gasteiger partial charge on any atom is -0.497 e. The Hall–Kier alpha value is -2.04. The molecule has 1 unspecified atom stereocenters. The number of hydrogen-bond acceptors (Lipinski definition) is 3. The zero-order valence-corrected chi connectivity index (χ0v) is 16.1. The van der Waals surface area contributed by atoms with Crippen molar-refractivity contribution in [2.75, 3.05) is 13.7 Å². The number of rotatable bonds is 8. The maximum atomic E-state index is 13.2. The quantitative estimate of drug-likeness (QED) is 0.717. The van der Waals surface area contributed by atoms with Gasteiger partial charge in [-0.2, -0.15) is 0 Å². The minimum atomic E-state index is -0.193. The van der Waals surface area contributed by atoms with Crippen LogP contribution in [0.3, 0.4) is 0 Å². The van der Waals surface area contributed by atoms with Gasteiger partial charge in [0.15, 0.2) is 0 Å². The molecule has 3 rings (SSSR count). The van der Waals surface area contributed by atoms with Crippen molar-refractivity contribution in [1.29, 1.82) is 0 Å². The summed E-state index contributed by atoms with van der Waals surface area (Å²) >= 11 is 0. The molecule has 1 atom stereocenters. The molecular weight excluding hydrogens is 328 g/mol. The van der Waals surface area contributed by atoms with Crippen LogP contribution < -0.4 is 4.74 Å². The highest BCUT2D eigenvalue weighted by Gasteiger charge is 2.42. The minimum absolute atomic E-state index is 0.136. The number of carbonyl (C=O) groups is 2. The van der Waals surface area contributed by atoms with Gasteiger partial charge < -0.3 is 14.5 Å². The molecule has 0 spiro atoms. The zero-order valence-electron chi connectivity index (χ0n) is 16.1. The Morgan fingerprint density at radius 2 is 1.88 bits per heavy atom. The number of nitrogens with zero attached hydrogens (tertiary/aromatic N) is 2. The van der Waals surface area contributed by atoms with Crippen molar-refractivity contribution in [3.63, 3.8) is 0 Å². The van der Waals surface area contributed by atoms with Crippen LogP contribution in [0.25, 0.3) is 0 Å². The summed E-state index contributed by atoms with van der Waals surface area (Å²) in [5, 5.41) is 0. The second-order valence-corrected chi connectivity index (χ2v) is 7.46. The molecule has 1 aromatic carbocycles. The van der Waals surface area contributed by atoms with Crippen LogP contribution in [-0.2, 0) is 16.1 Å². The Kier molecular flexibility index (Phi) is 5.84. The molecule has 0 bridgehead atoms. The first-order valence-corrected chi connectivity index (χ1v) is 9.80. The predicted molar refractivity (Wildman–Crippen MR) is 101 cm³/mol. The topological polar surface area (TPSA) is 49.9 Å². The Bertz CT molecular complexity index is 635. The Labute approximate surface area is 156 Å². The van der Waals surface area contributed by atoms with Gasteiger partial charge in [0, 0.05) is 31.6 Å². The lowest BCUT2D eigenvalue weighted by Crippen LogP contribution is -2.40. The fourth-order valence-electron chi connectivity index (χ4n) is 3.91. The molecule has 1 aromatic rings. The van der Waals surface area contributed by atoms with Crippen LogP contribution >= 0.6 is 0 Å². The molecular formula is C21H30N2O3. The highest BCUT2D eigenvalue weighted by Crippen LogP contribution is 2.33. The van der Waals surface area contributed by atoms with Crippen molar-refractivity contribution in [3.05, 3.63) is 29.8 Å². The van der Waals surface area contributed by atoms with E-state index in [1.807, 2.05) is 34.1 Å². The fraction of sp³-hybridized carbons (Fsp3) is 0.619. The smallest absolute Gasteiger partial charge is 0.228 e. The van der Waals surface area contributed by atoms with Crippen LogP contribution in [-0.4, -0.2) is 47.4 Å². The van der Waals surface area contributed by atoms with Crippen LogP contribution in [0.2, 0.25) is 0 Å². The Morgan fingerprint density at radius 1 is 1.23 bits per heavy atom. The Morgan fingerprint density at radius 3 is 2.42 bits per heavy atom. The molecule has 1 saturated heterocycles. The van der Waals surface area contributed by atoms with Crippen molar-refractivity contribution >= 4 is 11.8 Å². The average Bonchev–Trinajstić information content (AvgIpc) is 3.43. The maximum Gasteiger partial charge on any atom is 0.228 e. The lowest BCUT2D eigenvalue weighted by Gasteiger charge is -2.28. The third-order valence-corrected chi connectivity index (χ3v) is 5.67. The molecule has 2 fully saturated rings. The molecule has 0 aromatic heterocycles.